The summed E-state index contributed by atoms with van der Waals surface area (Å²) in [5.74, 6) is -0.999. The van der Waals surface area contributed by atoms with Gasteiger partial charge in [-0.25, -0.2) is 0 Å². The summed E-state index contributed by atoms with van der Waals surface area (Å²) in [6.45, 7) is 5.54. The fourth-order valence-electron chi connectivity index (χ4n) is 1.60. The van der Waals surface area contributed by atoms with E-state index in [1.807, 2.05) is 26.0 Å². The molecule has 0 saturated heterocycles. The smallest absolute Gasteiger partial charge is 0.319 e. The normalized spacial score (nSPS) is 14.4. The fraction of sp³-hybridized carbons (Fsp3) is 0.417. The zero-order valence-electron chi connectivity index (χ0n) is 9.69. The average Bonchev–Trinajstić information content (AvgIpc) is 2.17. The molecule has 0 aliphatic rings. The number of hydrogen-bond donors (Lipinski definition) is 1. The Kier molecular flexibility index (Phi) is 4.24. The van der Waals surface area contributed by atoms with Gasteiger partial charge in [0.15, 0.2) is 0 Å². The van der Waals surface area contributed by atoms with Crippen LogP contribution in [0.2, 0.25) is 0 Å². The molecule has 0 fully saturated rings. The predicted octanol–water partition coefficient (Wildman–Crippen LogP) is 2.27. The molecule has 0 aliphatic heterocycles. The number of benzene rings is 1. The molecule has 0 saturated carbocycles. The lowest BCUT2D eigenvalue weighted by atomic mass is 10.2. The molecule has 0 bridgehead atoms. The van der Waals surface area contributed by atoms with Crippen LogP contribution in [0.25, 0.3) is 0 Å². The lowest BCUT2D eigenvalue weighted by Crippen LogP contribution is -2.25. The molecule has 0 spiro atoms. The molecule has 1 aromatic carbocycles. The van der Waals surface area contributed by atoms with Gasteiger partial charge in [-0.2, -0.15) is 0 Å². The molecule has 1 rings (SSSR count). The zero-order chi connectivity index (χ0) is 12.3. The molecule has 0 radical (unpaired) electrons. The molecule has 4 heteroatoms. The summed E-state index contributed by atoms with van der Waals surface area (Å²) in [6, 6.07) is 5.53. The Morgan fingerprint density at radius 1 is 1.44 bits per heavy atom. The van der Waals surface area contributed by atoms with Crippen LogP contribution in [0.5, 0.6) is 0 Å². The maximum atomic E-state index is 12.1. The van der Waals surface area contributed by atoms with E-state index in [1.165, 1.54) is 0 Å². The minimum Gasteiger partial charge on any atom is -0.480 e. The molecule has 16 heavy (non-hydrogen) atoms. The van der Waals surface area contributed by atoms with E-state index in [0.717, 1.165) is 11.1 Å². The van der Waals surface area contributed by atoms with Crippen molar-refractivity contribution < 1.29 is 14.1 Å². The van der Waals surface area contributed by atoms with Gasteiger partial charge in [0, 0.05) is 4.90 Å². The van der Waals surface area contributed by atoms with E-state index >= 15 is 0 Å². The molecule has 2 atom stereocenters. The summed E-state index contributed by atoms with van der Waals surface area (Å²) in [4.78, 5) is 11.6. The molecule has 0 amide bonds. The van der Waals surface area contributed by atoms with Gasteiger partial charge < -0.3 is 5.11 Å². The van der Waals surface area contributed by atoms with E-state index in [0.29, 0.717) is 11.3 Å². The molecular weight excluding hydrogens is 224 g/mol. The van der Waals surface area contributed by atoms with Crippen molar-refractivity contribution in [3.63, 3.8) is 0 Å². The number of hydrogen-bond acceptors (Lipinski definition) is 2. The highest BCUT2D eigenvalue weighted by molar-refractivity contribution is 7.86. The van der Waals surface area contributed by atoms with Crippen LogP contribution < -0.4 is 0 Å². The Morgan fingerprint density at radius 3 is 2.50 bits per heavy atom. The average molecular weight is 240 g/mol. The van der Waals surface area contributed by atoms with Gasteiger partial charge in [0.2, 0.25) is 0 Å². The molecule has 2 unspecified atom stereocenters. The van der Waals surface area contributed by atoms with Gasteiger partial charge in [0.05, 0.1) is 10.8 Å². The summed E-state index contributed by atoms with van der Waals surface area (Å²) >= 11 is 0. The van der Waals surface area contributed by atoms with Gasteiger partial charge in [-0.1, -0.05) is 24.6 Å². The lowest BCUT2D eigenvalue weighted by molar-refractivity contribution is -0.136. The second-order valence-corrected chi connectivity index (χ2v) is 5.41. The van der Waals surface area contributed by atoms with Gasteiger partial charge >= 0.3 is 5.97 Å². The van der Waals surface area contributed by atoms with Crippen LogP contribution in [-0.2, 0) is 15.6 Å². The maximum absolute atomic E-state index is 12.1. The number of aryl methyl sites for hydroxylation is 2. The van der Waals surface area contributed by atoms with Crippen molar-refractivity contribution >= 4 is 16.8 Å². The standard InChI is InChI=1S/C12H16O3S/c1-4-10(12(13)14)16(15)11-6-5-8(2)7-9(11)3/h5-7,10H,4H2,1-3H3,(H,13,14). The van der Waals surface area contributed by atoms with Crippen LogP contribution in [0, 0.1) is 13.8 Å². The molecule has 1 aromatic rings. The molecule has 0 aromatic heterocycles. The zero-order valence-corrected chi connectivity index (χ0v) is 10.5. The van der Waals surface area contributed by atoms with Gasteiger partial charge in [0.1, 0.15) is 5.25 Å². The monoisotopic (exact) mass is 240 g/mol. The van der Waals surface area contributed by atoms with E-state index in [2.05, 4.69) is 0 Å². The first-order valence-corrected chi connectivity index (χ1v) is 6.39. The predicted molar refractivity (Wildman–Crippen MR) is 64.0 cm³/mol. The van der Waals surface area contributed by atoms with Crippen molar-refractivity contribution in [2.24, 2.45) is 0 Å². The van der Waals surface area contributed by atoms with Crippen molar-refractivity contribution in [2.45, 2.75) is 37.3 Å². The third-order valence-electron chi connectivity index (χ3n) is 2.45. The quantitative estimate of drug-likeness (QED) is 0.878. The van der Waals surface area contributed by atoms with Gasteiger partial charge in [-0.05, 0) is 31.9 Å². The third-order valence-corrected chi connectivity index (χ3v) is 4.40. The number of aliphatic carboxylic acids is 1. The number of carboxylic acids is 1. The van der Waals surface area contributed by atoms with Crippen LogP contribution in [-0.4, -0.2) is 20.5 Å². The topological polar surface area (TPSA) is 54.4 Å². The van der Waals surface area contributed by atoms with Gasteiger partial charge in [-0.15, -0.1) is 0 Å². The van der Waals surface area contributed by atoms with Crippen molar-refractivity contribution in [2.75, 3.05) is 0 Å². The highest BCUT2D eigenvalue weighted by atomic mass is 32.2. The molecule has 3 nitrogen and oxygen atoms in total. The third kappa shape index (κ3) is 2.70. The first-order chi connectivity index (χ1) is 7.47. The van der Waals surface area contributed by atoms with E-state index in [4.69, 9.17) is 5.11 Å². The van der Waals surface area contributed by atoms with Crippen molar-refractivity contribution in [1.29, 1.82) is 0 Å². The molecule has 1 N–H and O–H groups in total. The summed E-state index contributed by atoms with van der Waals surface area (Å²) in [5.41, 5.74) is 1.97. The number of carbonyl (C=O) groups is 1. The second-order valence-electron chi connectivity index (χ2n) is 3.80. The van der Waals surface area contributed by atoms with Crippen LogP contribution in [0.4, 0.5) is 0 Å². The van der Waals surface area contributed by atoms with E-state index < -0.39 is 22.0 Å². The maximum Gasteiger partial charge on any atom is 0.319 e. The summed E-state index contributed by atoms with van der Waals surface area (Å²) < 4.78 is 12.1. The Balaban J connectivity index is 3.09. The molecule has 88 valence electrons. The highest BCUT2D eigenvalue weighted by Crippen LogP contribution is 2.19. The molecule has 0 heterocycles. The minimum atomic E-state index is -1.47. The largest absolute Gasteiger partial charge is 0.480 e. The van der Waals surface area contributed by atoms with Crippen LogP contribution in [0.3, 0.4) is 0 Å². The summed E-state index contributed by atoms with van der Waals surface area (Å²) in [7, 11) is -1.47. The molecular formula is C12H16O3S. The van der Waals surface area contributed by atoms with Crippen molar-refractivity contribution in [3.05, 3.63) is 29.3 Å². The van der Waals surface area contributed by atoms with E-state index in [9.17, 15) is 9.00 Å². The fourth-order valence-corrected chi connectivity index (χ4v) is 2.97. The minimum absolute atomic E-state index is 0.370. The van der Waals surface area contributed by atoms with Crippen LogP contribution >= 0.6 is 0 Å². The summed E-state index contributed by atoms with van der Waals surface area (Å²) in [5, 5.41) is 8.14. The van der Waals surface area contributed by atoms with E-state index in [1.54, 1.807) is 13.0 Å². The lowest BCUT2D eigenvalue weighted by Gasteiger charge is -2.12. The number of carboxylic acid groups (broad SMARTS) is 1. The molecule has 0 aliphatic carbocycles. The Morgan fingerprint density at radius 2 is 2.06 bits per heavy atom. The first kappa shape index (κ1) is 12.9. The summed E-state index contributed by atoms with van der Waals surface area (Å²) in [6.07, 6.45) is 0.370. The SMILES string of the molecule is CCC(C(=O)O)S(=O)c1ccc(C)cc1C. The highest BCUT2D eigenvalue weighted by Gasteiger charge is 2.24. The van der Waals surface area contributed by atoms with Gasteiger partial charge in [0.25, 0.3) is 0 Å². The van der Waals surface area contributed by atoms with Crippen molar-refractivity contribution in [3.8, 4) is 0 Å². The first-order valence-electron chi connectivity index (χ1n) is 5.18. The van der Waals surface area contributed by atoms with Crippen LogP contribution in [0.15, 0.2) is 23.1 Å². The Hall–Kier alpha value is -1.16. The Labute approximate surface area is 98.0 Å². The van der Waals surface area contributed by atoms with Crippen molar-refractivity contribution in [1.82, 2.24) is 0 Å². The Bertz CT molecular complexity index is 426. The van der Waals surface area contributed by atoms with E-state index in [-0.39, 0.29) is 0 Å². The van der Waals surface area contributed by atoms with Crippen LogP contribution in [0.1, 0.15) is 24.5 Å². The van der Waals surface area contributed by atoms with Gasteiger partial charge in [-0.3, -0.25) is 9.00 Å². The number of rotatable bonds is 4. The second kappa shape index (κ2) is 5.25.